The van der Waals surface area contributed by atoms with Gasteiger partial charge in [0.25, 0.3) is 5.56 Å². The Labute approximate surface area is 164 Å². The third kappa shape index (κ3) is 3.66. The van der Waals surface area contributed by atoms with Crippen LogP contribution in [0.2, 0.25) is 5.02 Å². The van der Waals surface area contributed by atoms with Crippen molar-refractivity contribution in [1.82, 2.24) is 9.66 Å². The van der Waals surface area contributed by atoms with Crippen molar-refractivity contribution in [3.05, 3.63) is 67.6 Å². The third-order valence-corrected chi connectivity index (χ3v) is 4.92. The smallest absolute Gasteiger partial charge is 0.282 e. The Morgan fingerprint density at radius 2 is 2.12 bits per heavy atom. The van der Waals surface area contributed by atoms with Crippen molar-refractivity contribution in [3.8, 4) is 5.75 Å². The van der Waals surface area contributed by atoms with Gasteiger partial charge in [-0.25, -0.2) is 4.98 Å². The van der Waals surface area contributed by atoms with E-state index in [0.29, 0.717) is 27.3 Å². The molecule has 3 aromatic rings. The maximum Gasteiger partial charge on any atom is 0.282 e. The van der Waals surface area contributed by atoms with E-state index >= 15 is 0 Å². The lowest BCUT2D eigenvalue weighted by Crippen LogP contribution is -2.23. The number of aromatic hydroxyl groups is 1. The van der Waals surface area contributed by atoms with E-state index in [0.717, 1.165) is 10.9 Å². The van der Waals surface area contributed by atoms with Crippen molar-refractivity contribution in [1.29, 1.82) is 0 Å². The number of fused-ring (bicyclic) bond motifs is 1. The molecule has 0 unspecified atom stereocenters. The molecule has 0 saturated carbocycles. The molecule has 5 nitrogen and oxygen atoms in total. The number of phenolic OH excluding ortho intramolecular Hbond substituents is 1. The first-order chi connectivity index (χ1) is 12.4. The van der Waals surface area contributed by atoms with E-state index in [2.05, 4.69) is 26.0 Å². The zero-order valence-electron chi connectivity index (χ0n) is 14.3. The van der Waals surface area contributed by atoms with Gasteiger partial charge < -0.3 is 5.11 Å². The zero-order chi connectivity index (χ0) is 18.8. The Hall–Kier alpha value is -2.18. The highest BCUT2D eigenvalue weighted by Gasteiger charge is 2.15. The molecule has 3 rings (SSSR count). The van der Waals surface area contributed by atoms with Gasteiger partial charge in [0, 0.05) is 21.0 Å². The topological polar surface area (TPSA) is 67.5 Å². The van der Waals surface area contributed by atoms with E-state index in [9.17, 15) is 9.90 Å². The summed E-state index contributed by atoms with van der Waals surface area (Å²) in [5, 5.41) is 15.2. The van der Waals surface area contributed by atoms with E-state index < -0.39 is 0 Å². The standard InChI is InChI=1S/C19H17BrClN3O2/c1-3-11(2)18-23-16-6-4-13(20)9-15(16)19(26)24(18)22-10-12-8-14(21)5-7-17(12)25/h4-11,25H,3H2,1-2H3/t11-/m0/s1. The van der Waals surface area contributed by atoms with Gasteiger partial charge in [-0.15, -0.1) is 0 Å². The highest BCUT2D eigenvalue weighted by atomic mass is 79.9. The summed E-state index contributed by atoms with van der Waals surface area (Å²) < 4.78 is 2.09. The van der Waals surface area contributed by atoms with Crippen LogP contribution < -0.4 is 5.56 Å². The molecule has 0 saturated heterocycles. The lowest BCUT2D eigenvalue weighted by molar-refractivity contribution is 0.474. The molecule has 134 valence electrons. The van der Waals surface area contributed by atoms with Gasteiger partial charge in [-0.1, -0.05) is 41.4 Å². The van der Waals surface area contributed by atoms with E-state index in [1.54, 1.807) is 18.2 Å². The summed E-state index contributed by atoms with van der Waals surface area (Å²) >= 11 is 9.35. The minimum atomic E-state index is -0.260. The molecule has 0 bridgehead atoms. The van der Waals surface area contributed by atoms with E-state index in [-0.39, 0.29) is 17.2 Å². The summed E-state index contributed by atoms with van der Waals surface area (Å²) in [5.41, 5.74) is 0.795. The third-order valence-electron chi connectivity index (χ3n) is 4.19. The number of nitrogens with zero attached hydrogens (tertiary/aromatic N) is 3. The molecule has 1 atom stereocenters. The van der Waals surface area contributed by atoms with Crippen LogP contribution in [0.25, 0.3) is 10.9 Å². The van der Waals surface area contributed by atoms with Crippen molar-refractivity contribution >= 4 is 44.6 Å². The molecule has 26 heavy (non-hydrogen) atoms. The average molecular weight is 435 g/mol. The predicted octanol–water partition coefficient (Wildman–Crippen LogP) is 4.91. The monoisotopic (exact) mass is 433 g/mol. The van der Waals surface area contributed by atoms with Crippen LogP contribution >= 0.6 is 27.5 Å². The number of benzene rings is 2. The second-order valence-electron chi connectivity index (χ2n) is 6.01. The summed E-state index contributed by atoms with van der Waals surface area (Å²) in [6.07, 6.45) is 2.23. The van der Waals surface area contributed by atoms with Gasteiger partial charge in [0.05, 0.1) is 17.1 Å². The predicted molar refractivity (Wildman–Crippen MR) is 109 cm³/mol. The first-order valence-corrected chi connectivity index (χ1v) is 9.33. The molecule has 0 aliphatic carbocycles. The molecule has 0 amide bonds. The van der Waals surface area contributed by atoms with Crippen molar-refractivity contribution in [3.63, 3.8) is 0 Å². The molecule has 0 spiro atoms. The first kappa shape index (κ1) is 18.6. The normalized spacial score (nSPS) is 12.8. The van der Waals surface area contributed by atoms with Gasteiger partial charge >= 0.3 is 0 Å². The van der Waals surface area contributed by atoms with Crippen LogP contribution in [0.3, 0.4) is 0 Å². The van der Waals surface area contributed by atoms with Crippen molar-refractivity contribution < 1.29 is 5.11 Å². The minimum Gasteiger partial charge on any atom is -0.507 e. The number of hydrogen-bond donors (Lipinski definition) is 1. The fourth-order valence-corrected chi connectivity index (χ4v) is 3.07. The Balaban J connectivity index is 2.22. The van der Waals surface area contributed by atoms with Gasteiger partial charge in [-0.05, 0) is 42.8 Å². The fraction of sp³-hybridized carbons (Fsp3) is 0.211. The summed E-state index contributed by atoms with van der Waals surface area (Å²) in [6, 6.07) is 10.0. The molecule has 7 heteroatoms. The molecule has 2 aromatic carbocycles. The largest absolute Gasteiger partial charge is 0.507 e. The number of hydrogen-bond acceptors (Lipinski definition) is 4. The Kier molecular flexibility index (Phi) is 5.44. The van der Waals surface area contributed by atoms with Gasteiger partial charge in [0.1, 0.15) is 11.6 Å². The quantitative estimate of drug-likeness (QED) is 0.593. The van der Waals surface area contributed by atoms with Crippen LogP contribution in [0, 0.1) is 0 Å². The van der Waals surface area contributed by atoms with Crippen LogP contribution in [0.1, 0.15) is 37.6 Å². The van der Waals surface area contributed by atoms with Gasteiger partial charge in [-0.3, -0.25) is 4.79 Å². The average Bonchev–Trinajstić information content (AvgIpc) is 2.63. The van der Waals surface area contributed by atoms with E-state index in [4.69, 9.17) is 11.6 Å². The van der Waals surface area contributed by atoms with Crippen molar-refractivity contribution in [2.75, 3.05) is 0 Å². The molecule has 0 fully saturated rings. The number of phenols is 1. The molecule has 1 N–H and O–H groups in total. The Morgan fingerprint density at radius 1 is 1.35 bits per heavy atom. The van der Waals surface area contributed by atoms with Gasteiger partial charge in [0.15, 0.2) is 0 Å². The molecule has 0 aliphatic rings. The minimum absolute atomic E-state index is 0.0350. The second kappa shape index (κ2) is 7.60. The highest BCUT2D eigenvalue weighted by Crippen LogP contribution is 2.22. The van der Waals surface area contributed by atoms with Crippen LogP contribution in [0.15, 0.2) is 50.8 Å². The van der Waals surface area contributed by atoms with Gasteiger partial charge in [0.2, 0.25) is 0 Å². The molecule has 1 heterocycles. The lowest BCUT2D eigenvalue weighted by Gasteiger charge is -2.14. The van der Waals surface area contributed by atoms with Gasteiger partial charge in [-0.2, -0.15) is 9.78 Å². The van der Waals surface area contributed by atoms with Crippen LogP contribution in [0.5, 0.6) is 5.75 Å². The van der Waals surface area contributed by atoms with Crippen molar-refractivity contribution in [2.45, 2.75) is 26.2 Å². The summed E-state index contributed by atoms with van der Waals surface area (Å²) in [5.74, 6) is 0.652. The van der Waals surface area contributed by atoms with Crippen LogP contribution in [0.4, 0.5) is 0 Å². The van der Waals surface area contributed by atoms with E-state index in [1.165, 1.54) is 17.0 Å². The molecule has 0 aliphatic heterocycles. The Bertz CT molecular complexity index is 1060. The first-order valence-electron chi connectivity index (χ1n) is 8.15. The number of halogens is 2. The van der Waals surface area contributed by atoms with Crippen LogP contribution in [-0.4, -0.2) is 21.0 Å². The van der Waals surface area contributed by atoms with E-state index in [1.807, 2.05) is 26.0 Å². The number of rotatable bonds is 4. The second-order valence-corrected chi connectivity index (χ2v) is 7.36. The fourth-order valence-electron chi connectivity index (χ4n) is 2.53. The summed E-state index contributed by atoms with van der Waals surface area (Å²) in [6.45, 7) is 4.02. The maximum atomic E-state index is 13.0. The Morgan fingerprint density at radius 3 is 2.85 bits per heavy atom. The molecular weight excluding hydrogens is 418 g/mol. The van der Waals surface area contributed by atoms with Crippen molar-refractivity contribution in [2.24, 2.45) is 5.10 Å². The molecule has 1 aromatic heterocycles. The maximum absolute atomic E-state index is 13.0. The molecular formula is C19H17BrClN3O2. The van der Waals surface area contributed by atoms with Crippen LogP contribution in [-0.2, 0) is 0 Å². The molecule has 0 radical (unpaired) electrons. The summed E-state index contributed by atoms with van der Waals surface area (Å²) in [4.78, 5) is 17.6. The SMILES string of the molecule is CC[C@H](C)c1nc2ccc(Br)cc2c(=O)n1N=Cc1cc(Cl)ccc1O. The highest BCUT2D eigenvalue weighted by molar-refractivity contribution is 9.10. The number of aromatic nitrogens is 2. The zero-order valence-corrected chi connectivity index (χ0v) is 16.6. The lowest BCUT2D eigenvalue weighted by atomic mass is 10.1. The summed E-state index contributed by atoms with van der Waals surface area (Å²) in [7, 11) is 0.